The molecule has 34 heavy (non-hydrogen) atoms. The van der Waals surface area contributed by atoms with Gasteiger partial charge < -0.3 is 15.1 Å². The van der Waals surface area contributed by atoms with Crippen LogP contribution in [0.4, 0.5) is 11.4 Å². The van der Waals surface area contributed by atoms with Gasteiger partial charge in [-0.05, 0) is 61.2 Å². The van der Waals surface area contributed by atoms with E-state index in [9.17, 15) is 9.59 Å². The highest BCUT2D eigenvalue weighted by Gasteiger charge is 2.21. The van der Waals surface area contributed by atoms with Crippen molar-refractivity contribution in [1.29, 1.82) is 0 Å². The minimum atomic E-state index is -0.0865. The van der Waals surface area contributed by atoms with Gasteiger partial charge in [0.15, 0.2) is 0 Å². The van der Waals surface area contributed by atoms with E-state index >= 15 is 0 Å². The first kappa shape index (κ1) is 25.8. The lowest BCUT2D eigenvalue weighted by Crippen LogP contribution is -2.48. The molecule has 1 aliphatic rings. The van der Waals surface area contributed by atoms with Crippen LogP contribution >= 0.6 is 0 Å². The predicted molar refractivity (Wildman–Crippen MR) is 142 cm³/mol. The number of anilines is 2. The minimum absolute atomic E-state index is 0.0865. The lowest BCUT2D eigenvalue weighted by molar-refractivity contribution is -0.131. The SMILES string of the molecule is CCCCCCCC(=O)N1CCN(c2ccc(NC(=O)c3ccc(CCCC)cc3)cc2)CC1. The Morgan fingerprint density at radius 2 is 1.41 bits per heavy atom. The van der Waals surface area contributed by atoms with Crippen LogP contribution in [0.25, 0.3) is 0 Å². The van der Waals surface area contributed by atoms with E-state index < -0.39 is 0 Å². The lowest BCUT2D eigenvalue weighted by atomic mass is 10.1. The number of carbonyl (C=O) groups excluding carboxylic acids is 2. The van der Waals surface area contributed by atoms with Crippen molar-refractivity contribution in [2.24, 2.45) is 0 Å². The zero-order valence-electron chi connectivity index (χ0n) is 21.0. The molecule has 0 atom stereocenters. The summed E-state index contributed by atoms with van der Waals surface area (Å²) in [5, 5.41) is 2.99. The monoisotopic (exact) mass is 463 g/mol. The van der Waals surface area contributed by atoms with Gasteiger partial charge in [-0.2, -0.15) is 0 Å². The third kappa shape index (κ3) is 7.89. The molecule has 1 fully saturated rings. The van der Waals surface area contributed by atoms with Crippen LogP contribution in [0, 0.1) is 0 Å². The van der Waals surface area contributed by atoms with Crippen molar-refractivity contribution in [3.8, 4) is 0 Å². The quantitative estimate of drug-likeness (QED) is 0.376. The van der Waals surface area contributed by atoms with Gasteiger partial charge in [0.25, 0.3) is 5.91 Å². The van der Waals surface area contributed by atoms with E-state index in [0.717, 1.165) is 56.8 Å². The number of rotatable bonds is 12. The highest BCUT2D eigenvalue weighted by atomic mass is 16.2. The van der Waals surface area contributed by atoms with E-state index in [1.54, 1.807) is 0 Å². The fourth-order valence-corrected chi connectivity index (χ4v) is 4.41. The number of piperazine rings is 1. The molecule has 1 saturated heterocycles. The number of unbranched alkanes of at least 4 members (excludes halogenated alkanes) is 5. The van der Waals surface area contributed by atoms with E-state index in [2.05, 4.69) is 36.2 Å². The van der Waals surface area contributed by atoms with Crippen LogP contribution in [0.5, 0.6) is 0 Å². The Labute approximate surface area is 205 Å². The summed E-state index contributed by atoms with van der Waals surface area (Å²) in [6, 6.07) is 15.9. The lowest BCUT2D eigenvalue weighted by Gasteiger charge is -2.36. The maximum absolute atomic E-state index is 12.6. The second-order valence-electron chi connectivity index (χ2n) is 9.33. The van der Waals surface area contributed by atoms with E-state index in [1.807, 2.05) is 41.3 Å². The van der Waals surface area contributed by atoms with Crippen LogP contribution in [-0.4, -0.2) is 42.9 Å². The minimum Gasteiger partial charge on any atom is -0.368 e. The average Bonchev–Trinajstić information content (AvgIpc) is 2.88. The molecule has 1 heterocycles. The number of benzene rings is 2. The zero-order chi connectivity index (χ0) is 24.2. The maximum atomic E-state index is 12.6. The van der Waals surface area contributed by atoms with Crippen molar-refractivity contribution in [2.45, 2.75) is 71.6 Å². The zero-order valence-corrected chi connectivity index (χ0v) is 21.0. The standard InChI is InChI=1S/C29H41N3O2/c1-3-5-7-8-9-11-28(33)32-22-20-31(21-23-32)27-18-16-26(17-19-27)30-29(34)25-14-12-24(13-15-25)10-6-4-2/h12-19H,3-11,20-23H2,1-2H3,(H,30,34). The highest BCUT2D eigenvalue weighted by molar-refractivity contribution is 6.04. The molecule has 0 bridgehead atoms. The van der Waals surface area contributed by atoms with Crippen LogP contribution in [0.15, 0.2) is 48.5 Å². The molecule has 0 unspecified atom stereocenters. The summed E-state index contributed by atoms with van der Waals surface area (Å²) in [6.45, 7) is 7.64. The molecule has 0 radical (unpaired) electrons. The third-order valence-corrected chi connectivity index (χ3v) is 6.65. The molecule has 5 nitrogen and oxygen atoms in total. The summed E-state index contributed by atoms with van der Waals surface area (Å²) in [6.07, 6.45) is 9.98. The largest absolute Gasteiger partial charge is 0.368 e. The van der Waals surface area contributed by atoms with Crippen molar-refractivity contribution in [1.82, 2.24) is 4.90 Å². The first-order valence-corrected chi connectivity index (χ1v) is 13.1. The fourth-order valence-electron chi connectivity index (χ4n) is 4.41. The molecular weight excluding hydrogens is 422 g/mol. The molecule has 0 aromatic heterocycles. The Bertz CT molecular complexity index is 885. The summed E-state index contributed by atoms with van der Waals surface area (Å²) in [7, 11) is 0. The molecule has 1 N–H and O–H groups in total. The van der Waals surface area contributed by atoms with Crippen molar-refractivity contribution < 1.29 is 9.59 Å². The summed E-state index contributed by atoms with van der Waals surface area (Å²) >= 11 is 0. The Hall–Kier alpha value is -2.82. The van der Waals surface area contributed by atoms with Crippen molar-refractivity contribution >= 4 is 23.2 Å². The summed E-state index contributed by atoms with van der Waals surface area (Å²) < 4.78 is 0. The van der Waals surface area contributed by atoms with Crippen molar-refractivity contribution in [3.05, 3.63) is 59.7 Å². The number of hydrogen-bond acceptors (Lipinski definition) is 3. The van der Waals surface area contributed by atoms with Crippen molar-refractivity contribution in [3.63, 3.8) is 0 Å². The number of nitrogens with zero attached hydrogens (tertiary/aromatic N) is 2. The summed E-state index contributed by atoms with van der Waals surface area (Å²) in [5.74, 6) is 0.212. The molecule has 5 heteroatoms. The third-order valence-electron chi connectivity index (χ3n) is 6.65. The number of amides is 2. The van der Waals surface area contributed by atoms with Gasteiger partial charge in [0, 0.05) is 49.5 Å². The molecule has 1 aliphatic heterocycles. The molecule has 3 rings (SSSR count). The predicted octanol–water partition coefficient (Wildman–Crippen LogP) is 6.29. The Morgan fingerprint density at radius 3 is 2.06 bits per heavy atom. The first-order chi connectivity index (χ1) is 16.6. The average molecular weight is 464 g/mol. The van der Waals surface area contributed by atoms with Gasteiger partial charge in [0.05, 0.1) is 0 Å². The number of nitrogens with one attached hydrogen (secondary N) is 1. The molecule has 0 saturated carbocycles. The van der Waals surface area contributed by atoms with Crippen LogP contribution < -0.4 is 10.2 Å². The summed E-state index contributed by atoms with van der Waals surface area (Å²) in [5.41, 5.74) is 3.87. The molecule has 0 spiro atoms. The Kier molecular flexibility index (Phi) is 10.5. The van der Waals surface area contributed by atoms with Gasteiger partial charge in [-0.3, -0.25) is 9.59 Å². The number of aryl methyl sites for hydroxylation is 1. The van der Waals surface area contributed by atoms with Gasteiger partial charge in [0.2, 0.25) is 5.91 Å². The smallest absolute Gasteiger partial charge is 0.255 e. The van der Waals surface area contributed by atoms with Gasteiger partial charge in [-0.1, -0.05) is 58.1 Å². The van der Waals surface area contributed by atoms with Gasteiger partial charge >= 0.3 is 0 Å². The number of carbonyl (C=O) groups is 2. The van der Waals surface area contributed by atoms with E-state index in [0.29, 0.717) is 17.9 Å². The normalized spacial score (nSPS) is 13.7. The molecular formula is C29H41N3O2. The molecule has 2 amide bonds. The molecule has 2 aromatic rings. The van der Waals surface area contributed by atoms with Gasteiger partial charge in [-0.25, -0.2) is 0 Å². The van der Waals surface area contributed by atoms with Crippen molar-refractivity contribution in [2.75, 3.05) is 36.4 Å². The van der Waals surface area contributed by atoms with Gasteiger partial charge in [0.1, 0.15) is 0 Å². The second-order valence-corrected chi connectivity index (χ2v) is 9.33. The molecule has 0 aliphatic carbocycles. The van der Waals surface area contributed by atoms with Crippen LogP contribution in [0.1, 0.15) is 81.1 Å². The summed E-state index contributed by atoms with van der Waals surface area (Å²) in [4.78, 5) is 29.4. The van der Waals surface area contributed by atoms with E-state index in [-0.39, 0.29) is 5.91 Å². The fraction of sp³-hybridized carbons (Fsp3) is 0.517. The highest BCUT2D eigenvalue weighted by Crippen LogP contribution is 2.21. The first-order valence-electron chi connectivity index (χ1n) is 13.1. The molecule has 2 aromatic carbocycles. The maximum Gasteiger partial charge on any atom is 0.255 e. The van der Waals surface area contributed by atoms with Crippen LogP contribution in [0.2, 0.25) is 0 Å². The van der Waals surface area contributed by atoms with E-state index in [4.69, 9.17) is 0 Å². The second kappa shape index (κ2) is 13.8. The van der Waals surface area contributed by atoms with E-state index in [1.165, 1.54) is 37.7 Å². The molecule has 184 valence electrons. The Morgan fingerprint density at radius 1 is 0.765 bits per heavy atom. The number of hydrogen-bond donors (Lipinski definition) is 1. The van der Waals surface area contributed by atoms with Crippen LogP contribution in [-0.2, 0) is 11.2 Å². The Balaban J connectivity index is 1.43. The van der Waals surface area contributed by atoms with Gasteiger partial charge in [-0.15, -0.1) is 0 Å². The van der Waals surface area contributed by atoms with Crippen LogP contribution in [0.3, 0.4) is 0 Å². The topological polar surface area (TPSA) is 52.7 Å².